The molecule has 4 aromatic rings. The van der Waals surface area contributed by atoms with E-state index in [4.69, 9.17) is 16.3 Å². The van der Waals surface area contributed by atoms with Crippen LogP contribution in [0.4, 0.5) is 17.3 Å². The lowest BCUT2D eigenvalue weighted by Gasteiger charge is -2.42. The summed E-state index contributed by atoms with van der Waals surface area (Å²) in [6.07, 6.45) is 5.02. The van der Waals surface area contributed by atoms with Crippen molar-refractivity contribution in [1.29, 1.82) is 0 Å². The summed E-state index contributed by atoms with van der Waals surface area (Å²) >= 11 is 6.51. The Morgan fingerprint density at radius 3 is 2.48 bits per heavy atom. The molecule has 2 aliphatic rings. The van der Waals surface area contributed by atoms with Crippen LogP contribution in [-0.2, 0) is 10.3 Å². The Morgan fingerprint density at radius 1 is 1.05 bits per heavy atom. The summed E-state index contributed by atoms with van der Waals surface area (Å²) < 4.78 is 41.0. The molecule has 6 rings (SSSR count). The molecular formula is C31H38ClN7O4S. The van der Waals surface area contributed by atoms with Gasteiger partial charge >= 0.3 is 10.3 Å². The van der Waals surface area contributed by atoms with Crippen LogP contribution in [0.3, 0.4) is 0 Å². The molecule has 2 aromatic carbocycles. The largest absolute Gasteiger partial charge is 0.489 e. The van der Waals surface area contributed by atoms with E-state index in [1.807, 2.05) is 26.0 Å². The summed E-state index contributed by atoms with van der Waals surface area (Å²) in [4.78, 5) is 16.5. The molecule has 4 heterocycles. The Hall–Kier alpha value is -3.42. The number of hydrogen-bond donors (Lipinski definition) is 2. The summed E-state index contributed by atoms with van der Waals surface area (Å²) in [6.45, 7) is 10.5. The summed E-state index contributed by atoms with van der Waals surface area (Å²) in [7, 11) is -2.34. The van der Waals surface area contributed by atoms with E-state index in [2.05, 4.69) is 43.1 Å². The van der Waals surface area contributed by atoms with Crippen LogP contribution in [0.15, 0.2) is 54.9 Å². The highest BCUT2D eigenvalue weighted by molar-refractivity contribution is 7.84. The van der Waals surface area contributed by atoms with Gasteiger partial charge in [0.05, 0.1) is 34.2 Å². The number of para-hydroxylation sites is 1. The highest BCUT2D eigenvalue weighted by Gasteiger charge is 2.28. The highest BCUT2D eigenvalue weighted by Crippen LogP contribution is 2.37. The second-order valence-corrected chi connectivity index (χ2v) is 13.5. The van der Waals surface area contributed by atoms with Crippen molar-refractivity contribution in [3.63, 3.8) is 0 Å². The van der Waals surface area contributed by atoms with E-state index in [1.54, 1.807) is 24.3 Å². The van der Waals surface area contributed by atoms with Crippen LogP contribution < -0.4 is 15.0 Å². The van der Waals surface area contributed by atoms with Crippen molar-refractivity contribution in [2.45, 2.75) is 38.8 Å². The molecule has 0 atom stereocenters. The fourth-order valence-corrected chi connectivity index (χ4v) is 6.97. The number of hydrogen-bond acceptors (Lipinski definition) is 9. The first-order valence-corrected chi connectivity index (χ1v) is 16.7. The van der Waals surface area contributed by atoms with Gasteiger partial charge in [-0.2, -0.15) is 8.42 Å². The molecule has 0 radical (unpaired) electrons. The fourth-order valence-electron chi connectivity index (χ4n) is 6.14. The number of piperidine rings is 1. The van der Waals surface area contributed by atoms with Crippen LogP contribution in [-0.4, -0.2) is 95.2 Å². The maximum absolute atomic E-state index is 12.1. The van der Waals surface area contributed by atoms with Crippen LogP contribution in [0.2, 0.25) is 5.02 Å². The third-order valence-corrected chi connectivity index (χ3v) is 9.44. The number of halogens is 1. The van der Waals surface area contributed by atoms with Crippen molar-refractivity contribution in [2.75, 3.05) is 56.5 Å². The number of nitrogens with one attached hydrogen (secondary N) is 1. The monoisotopic (exact) mass is 639 g/mol. The van der Waals surface area contributed by atoms with Gasteiger partial charge in [-0.1, -0.05) is 29.8 Å². The van der Waals surface area contributed by atoms with Crippen molar-refractivity contribution in [3.8, 4) is 17.0 Å². The van der Waals surface area contributed by atoms with E-state index in [0.29, 0.717) is 28.2 Å². The minimum Gasteiger partial charge on any atom is -0.489 e. The molecule has 2 aromatic heterocycles. The van der Waals surface area contributed by atoms with Crippen molar-refractivity contribution in [3.05, 3.63) is 59.9 Å². The molecule has 2 fully saturated rings. The molecule has 11 nitrogen and oxygen atoms in total. The number of rotatable bonds is 8. The van der Waals surface area contributed by atoms with Gasteiger partial charge in [0, 0.05) is 74.2 Å². The lowest BCUT2D eigenvalue weighted by atomic mass is 10.0. The summed E-state index contributed by atoms with van der Waals surface area (Å²) in [5.41, 5.74) is 2.91. The number of likely N-dealkylation sites (N-methyl/N-ethyl adjacent to an activating group) is 1. The van der Waals surface area contributed by atoms with E-state index in [1.165, 1.54) is 12.4 Å². The zero-order valence-electron chi connectivity index (χ0n) is 25.1. The quantitative estimate of drug-likeness (QED) is 0.251. The van der Waals surface area contributed by atoms with Crippen LogP contribution in [0.5, 0.6) is 5.75 Å². The molecule has 2 aliphatic heterocycles. The second-order valence-electron chi connectivity index (χ2n) is 11.8. The predicted molar refractivity (Wildman–Crippen MR) is 175 cm³/mol. The van der Waals surface area contributed by atoms with E-state index in [-0.39, 0.29) is 17.1 Å². The van der Waals surface area contributed by atoms with Crippen molar-refractivity contribution in [2.24, 2.45) is 0 Å². The number of benzene rings is 2. The predicted octanol–water partition coefficient (Wildman–Crippen LogP) is 5.15. The van der Waals surface area contributed by atoms with Crippen molar-refractivity contribution in [1.82, 2.24) is 23.7 Å². The van der Waals surface area contributed by atoms with Gasteiger partial charge in [0.2, 0.25) is 5.95 Å². The maximum atomic E-state index is 12.1. The Labute approximate surface area is 263 Å². The Morgan fingerprint density at radius 2 is 1.77 bits per heavy atom. The van der Waals surface area contributed by atoms with Gasteiger partial charge in [0.15, 0.2) is 0 Å². The molecule has 2 saturated heterocycles. The molecule has 234 valence electrons. The minimum absolute atomic E-state index is 0.00890. The maximum Gasteiger partial charge on any atom is 0.363 e. The van der Waals surface area contributed by atoms with Crippen molar-refractivity contribution >= 4 is 50.1 Å². The average Bonchev–Trinajstić information content (AvgIpc) is 3.39. The number of fused-ring (bicyclic) bond motifs is 1. The average molecular weight is 640 g/mol. The van der Waals surface area contributed by atoms with Gasteiger partial charge in [-0.25, -0.2) is 13.9 Å². The second kappa shape index (κ2) is 12.5. The van der Waals surface area contributed by atoms with Gasteiger partial charge in [-0.15, -0.1) is 0 Å². The minimum atomic E-state index is -4.53. The van der Waals surface area contributed by atoms with Crippen LogP contribution in [0, 0.1) is 0 Å². The Bertz CT molecular complexity index is 1750. The first kappa shape index (κ1) is 30.6. The molecule has 44 heavy (non-hydrogen) atoms. The van der Waals surface area contributed by atoms with Gasteiger partial charge in [-0.05, 0) is 51.9 Å². The van der Waals surface area contributed by atoms with Gasteiger partial charge in [0.1, 0.15) is 5.75 Å². The summed E-state index contributed by atoms with van der Waals surface area (Å²) in [5, 5.41) is 4.08. The first-order valence-electron chi connectivity index (χ1n) is 14.9. The number of anilines is 3. The fraction of sp³-hybridized carbons (Fsp3) is 0.419. The number of piperazine rings is 1. The SMILES string of the molecule is CC(C)Oc1cc(Nc2ncc(Cl)c(-c3cn(S(=O)(=O)O)c4ccccc34)n2)ccc1N1CCC(N2CCN(C)CC2)CC1. The van der Waals surface area contributed by atoms with Gasteiger partial charge in [-0.3, -0.25) is 9.45 Å². The normalized spacial score (nSPS) is 17.5. The lowest BCUT2D eigenvalue weighted by molar-refractivity contribution is 0.0981. The Kier molecular flexibility index (Phi) is 8.71. The molecular weight excluding hydrogens is 602 g/mol. The van der Waals surface area contributed by atoms with E-state index < -0.39 is 10.3 Å². The van der Waals surface area contributed by atoms with Gasteiger partial charge < -0.3 is 19.9 Å². The molecule has 2 N–H and O–H groups in total. The van der Waals surface area contributed by atoms with E-state index >= 15 is 0 Å². The molecule has 13 heteroatoms. The molecule has 0 amide bonds. The summed E-state index contributed by atoms with van der Waals surface area (Å²) in [5.74, 6) is 1.07. The lowest BCUT2D eigenvalue weighted by Crippen LogP contribution is -2.52. The van der Waals surface area contributed by atoms with Crippen LogP contribution >= 0.6 is 11.6 Å². The van der Waals surface area contributed by atoms with E-state index in [9.17, 15) is 13.0 Å². The van der Waals surface area contributed by atoms with Crippen LogP contribution in [0.25, 0.3) is 22.2 Å². The van der Waals surface area contributed by atoms with E-state index in [0.717, 1.165) is 73.2 Å². The van der Waals surface area contributed by atoms with Gasteiger partial charge in [0.25, 0.3) is 0 Å². The zero-order chi connectivity index (χ0) is 31.0. The molecule has 0 unspecified atom stereocenters. The van der Waals surface area contributed by atoms with Crippen molar-refractivity contribution < 1.29 is 17.7 Å². The Balaban J connectivity index is 1.24. The topological polar surface area (TPSA) is 116 Å². The first-order chi connectivity index (χ1) is 21.1. The number of ether oxygens (including phenoxy) is 1. The molecule has 0 saturated carbocycles. The summed E-state index contributed by atoms with van der Waals surface area (Å²) in [6, 6.07) is 13.5. The molecule has 0 spiro atoms. The van der Waals surface area contributed by atoms with Crippen LogP contribution in [0.1, 0.15) is 26.7 Å². The number of nitrogens with zero attached hydrogens (tertiary/aromatic N) is 6. The third-order valence-electron chi connectivity index (χ3n) is 8.36. The highest BCUT2D eigenvalue weighted by atomic mass is 35.5. The standard InChI is InChI=1S/C31H38ClN7O4S/c1-21(2)43-29-18-22(8-9-28(29)38-12-10-23(11-13-38)37-16-14-36(3)15-17-37)34-31-33-19-26(32)30(35-31)25-20-39(44(40,41)42)27-7-5-4-6-24(25)27/h4-9,18-21,23H,10-17H2,1-3H3,(H,33,34,35)(H,40,41,42). The number of aromatic nitrogens is 3. The molecule has 0 bridgehead atoms. The third kappa shape index (κ3) is 6.50. The zero-order valence-corrected chi connectivity index (χ0v) is 26.7. The smallest absolute Gasteiger partial charge is 0.363 e. The molecule has 0 aliphatic carbocycles.